The van der Waals surface area contributed by atoms with Crippen molar-refractivity contribution in [3.63, 3.8) is 0 Å². The summed E-state index contributed by atoms with van der Waals surface area (Å²) in [5.74, 6) is -0.757. The van der Waals surface area contributed by atoms with Crippen molar-refractivity contribution in [3.8, 4) is 5.75 Å². The first-order valence-corrected chi connectivity index (χ1v) is 5.78. The van der Waals surface area contributed by atoms with Gasteiger partial charge in [0.2, 0.25) is 0 Å². The van der Waals surface area contributed by atoms with E-state index in [0.29, 0.717) is 11.4 Å². The number of carbonyl (C=O) groups excluding carboxylic acids is 1. The molecule has 7 nitrogen and oxygen atoms in total. The summed E-state index contributed by atoms with van der Waals surface area (Å²) < 4.78 is 6.24. The monoisotopic (exact) mass is 275 g/mol. The van der Waals surface area contributed by atoms with Crippen LogP contribution < -0.4 is 10.1 Å². The Morgan fingerprint density at radius 3 is 2.95 bits per heavy atom. The molecular formula is C13H13N3O4. The van der Waals surface area contributed by atoms with Gasteiger partial charge in [-0.3, -0.25) is 14.3 Å². The van der Waals surface area contributed by atoms with Gasteiger partial charge in [0.1, 0.15) is 12.3 Å². The van der Waals surface area contributed by atoms with Gasteiger partial charge in [0.15, 0.2) is 0 Å². The molecule has 0 saturated heterocycles. The Morgan fingerprint density at radius 1 is 1.45 bits per heavy atom. The molecule has 0 atom stereocenters. The van der Waals surface area contributed by atoms with Crippen LogP contribution in [0.5, 0.6) is 5.75 Å². The molecule has 1 aromatic heterocycles. The molecule has 2 N–H and O–H groups in total. The predicted octanol–water partition coefficient (Wildman–Crippen LogP) is 1.23. The number of nitrogens with zero attached hydrogens (tertiary/aromatic N) is 2. The summed E-state index contributed by atoms with van der Waals surface area (Å²) in [4.78, 5) is 22.5. The van der Waals surface area contributed by atoms with E-state index in [9.17, 15) is 9.59 Å². The summed E-state index contributed by atoms with van der Waals surface area (Å²) in [6.45, 7) is -0.285. The average molecular weight is 275 g/mol. The van der Waals surface area contributed by atoms with Crippen molar-refractivity contribution in [1.82, 2.24) is 9.78 Å². The largest absolute Gasteiger partial charge is 0.497 e. The van der Waals surface area contributed by atoms with Crippen LogP contribution in [0, 0.1) is 0 Å². The van der Waals surface area contributed by atoms with Crippen molar-refractivity contribution >= 4 is 17.6 Å². The fraction of sp³-hybridized carbons (Fsp3) is 0.154. The molecule has 0 spiro atoms. The molecule has 0 aliphatic rings. The van der Waals surface area contributed by atoms with Crippen molar-refractivity contribution in [2.45, 2.75) is 6.54 Å². The third kappa shape index (κ3) is 3.35. The van der Waals surface area contributed by atoms with Crippen molar-refractivity contribution < 1.29 is 19.4 Å². The highest BCUT2D eigenvalue weighted by molar-refractivity contribution is 6.04. The van der Waals surface area contributed by atoms with Crippen LogP contribution >= 0.6 is 0 Å². The van der Waals surface area contributed by atoms with E-state index in [2.05, 4.69) is 10.4 Å². The average Bonchev–Trinajstić information content (AvgIpc) is 2.86. The molecule has 0 aliphatic heterocycles. The van der Waals surface area contributed by atoms with Crippen LogP contribution in [-0.4, -0.2) is 33.9 Å². The number of aromatic nitrogens is 2. The maximum Gasteiger partial charge on any atom is 0.325 e. The van der Waals surface area contributed by atoms with Gasteiger partial charge in [-0.2, -0.15) is 5.10 Å². The van der Waals surface area contributed by atoms with Crippen LogP contribution in [0.3, 0.4) is 0 Å². The highest BCUT2D eigenvalue weighted by atomic mass is 16.5. The van der Waals surface area contributed by atoms with Crippen molar-refractivity contribution in [3.05, 3.63) is 42.2 Å². The first-order valence-electron chi connectivity index (χ1n) is 5.78. The third-order valence-electron chi connectivity index (χ3n) is 2.52. The molecule has 0 aliphatic carbocycles. The highest BCUT2D eigenvalue weighted by Gasteiger charge is 2.10. The number of benzene rings is 1. The van der Waals surface area contributed by atoms with E-state index < -0.39 is 5.97 Å². The first kappa shape index (κ1) is 13.6. The Kier molecular flexibility index (Phi) is 3.99. The van der Waals surface area contributed by atoms with Gasteiger partial charge < -0.3 is 15.2 Å². The highest BCUT2D eigenvalue weighted by Crippen LogP contribution is 2.17. The van der Waals surface area contributed by atoms with Gasteiger partial charge in [0.05, 0.1) is 18.9 Å². The Balaban J connectivity index is 2.07. The Bertz CT molecular complexity index is 636. The van der Waals surface area contributed by atoms with E-state index in [-0.39, 0.29) is 18.0 Å². The van der Waals surface area contributed by atoms with Crippen molar-refractivity contribution in [1.29, 1.82) is 0 Å². The molecule has 2 aromatic rings. The zero-order chi connectivity index (χ0) is 14.5. The van der Waals surface area contributed by atoms with Gasteiger partial charge in [0, 0.05) is 18.0 Å². The summed E-state index contributed by atoms with van der Waals surface area (Å²) >= 11 is 0. The lowest BCUT2D eigenvalue weighted by atomic mass is 10.2. The molecule has 0 saturated carbocycles. The smallest absolute Gasteiger partial charge is 0.325 e. The fourth-order valence-electron chi connectivity index (χ4n) is 1.61. The van der Waals surface area contributed by atoms with E-state index in [1.165, 1.54) is 24.2 Å². The SMILES string of the molecule is COc1cccc(NC(=O)c2cnn(CC(=O)O)c2)c1. The maximum absolute atomic E-state index is 12.0. The number of hydrogen-bond donors (Lipinski definition) is 2. The minimum atomic E-state index is -1.02. The number of aliphatic carboxylic acids is 1. The number of rotatable bonds is 5. The Hall–Kier alpha value is -2.83. The second-order valence-corrected chi connectivity index (χ2v) is 4.01. The summed E-state index contributed by atoms with van der Waals surface area (Å²) in [5, 5.41) is 15.1. The van der Waals surface area contributed by atoms with Gasteiger partial charge in [-0.25, -0.2) is 0 Å². The summed E-state index contributed by atoms with van der Waals surface area (Å²) in [7, 11) is 1.54. The second kappa shape index (κ2) is 5.87. The van der Waals surface area contributed by atoms with Crippen molar-refractivity contribution in [2.75, 3.05) is 12.4 Å². The number of nitrogens with one attached hydrogen (secondary N) is 1. The molecule has 0 radical (unpaired) electrons. The first-order chi connectivity index (χ1) is 9.58. The van der Waals surface area contributed by atoms with Crippen molar-refractivity contribution in [2.24, 2.45) is 0 Å². The van der Waals surface area contributed by atoms with Gasteiger partial charge in [-0.15, -0.1) is 0 Å². The van der Waals surface area contributed by atoms with Crippen LogP contribution in [0.25, 0.3) is 0 Å². The number of carboxylic acids is 1. The minimum Gasteiger partial charge on any atom is -0.497 e. The van der Waals surface area contributed by atoms with E-state index in [4.69, 9.17) is 9.84 Å². The predicted molar refractivity (Wildman–Crippen MR) is 70.8 cm³/mol. The topological polar surface area (TPSA) is 93.5 Å². The second-order valence-electron chi connectivity index (χ2n) is 4.01. The number of methoxy groups -OCH3 is 1. The van der Waals surface area contributed by atoms with Gasteiger partial charge in [0.25, 0.3) is 5.91 Å². The summed E-state index contributed by atoms with van der Waals surface area (Å²) in [6.07, 6.45) is 2.70. The van der Waals surface area contributed by atoms with Gasteiger partial charge in [-0.1, -0.05) is 6.07 Å². The molecule has 0 unspecified atom stereocenters. The normalized spacial score (nSPS) is 10.1. The van der Waals surface area contributed by atoms with Crippen LogP contribution in [-0.2, 0) is 11.3 Å². The minimum absolute atomic E-state index is 0.285. The molecule has 0 fully saturated rings. The van der Waals surface area contributed by atoms with E-state index in [1.807, 2.05) is 0 Å². The zero-order valence-corrected chi connectivity index (χ0v) is 10.7. The molecule has 20 heavy (non-hydrogen) atoms. The van der Waals surface area contributed by atoms with Crippen LogP contribution in [0.4, 0.5) is 5.69 Å². The molecule has 1 heterocycles. The lowest BCUT2D eigenvalue weighted by Gasteiger charge is -2.05. The maximum atomic E-state index is 12.0. The Labute approximate surface area is 114 Å². The Morgan fingerprint density at radius 2 is 2.25 bits per heavy atom. The summed E-state index contributed by atoms with van der Waals surface area (Å²) in [6, 6.07) is 6.92. The zero-order valence-electron chi connectivity index (χ0n) is 10.7. The molecule has 1 amide bonds. The van der Waals surface area contributed by atoms with E-state index in [0.717, 1.165) is 0 Å². The fourth-order valence-corrected chi connectivity index (χ4v) is 1.61. The van der Waals surface area contributed by atoms with Crippen LogP contribution in [0.2, 0.25) is 0 Å². The standard InChI is InChI=1S/C13H13N3O4/c1-20-11-4-2-3-10(5-11)15-13(19)9-6-14-16(7-9)8-12(17)18/h2-7H,8H2,1H3,(H,15,19)(H,17,18). The summed E-state index contributed by atoms with van der Waals surface area (Å²) in [5.41, 5.74) is 0.870. The molecular weight excluding hydrogens is 262 g/mol. The number of ether oxygens (including phenoxy) is 1. The number of hydrogen-bond acceptors (Lipinski definition) is 4. The van der Waals surface area contributed by atoms with Crippen LogP contribution in [0.15, 0.2) is 36.7 Å². The van der Waals surface area contributed by atoms with Gasteiger partial charge in [-0.05, 0) is 12.1 Å². The number of anilines is 1. The third-order valence-corrected chi connectivity index (χ3v) is 2.52. The van der Waals surface area contributed by atoms with Gasteiger partial charge >= 0.3 is 5.97 Å². The lowest BCUT2D eigenvalue weighted by Crippen LogP contribution is -2.12. The van der Waals surface area contributed by atoms with Crippen LogP contribution in [0.1, 0.15) is 10.4 Å². The quantitative estimate of drug-likeness (QED) is 0.856. The molecule has 2 rings (SSSR count). The molecule has 7 heteroatoms. The molecule has 0 bridgehead atoms. The number of carboxylic acid groups (broad SMARTS) is 1. The molecule has 1 aromatic carbocycles. The van der Waals surface area contributed by atoms with E-state index in [1.54, 1.807) is 24.3 Å². The lowest BCUT2D eigenvalue weighted by molar-refractivity contribution is -0.137. The molecule has 104 valence electrons. The van der Waals surface area contributed by atoms with E-state index >= 15 is 0 Å². The number of carbonyl (C=O) groups is 2. The number of amides is 1.